The summed E-state index contributed by atoms with van der Waals surface area (Å²) in [7, 11) is 0. The summed E-state index contributed by atoms with van der Waals surface area (Å²) in [6.07, 6.45) is 0. The first-order valence-corrected chi connectivity index (χ1v) is 8.12. The predicted molar refractivity (Wildman–Crippen MR) is 87.5 cm³/mol. The van der Waals surface area contributed by atoms with E-state index in [1.54, 1.807) is 17.5 Å². The number of benzene rings is 1. The fourth-order valence-corrected chi connectivity index (χ4v) is 2.84. The Morgan fingerprint density at radius 1 is 1.39 bits per heavy atom. The molecule has 0 aliphatic heterocycles. The number of H-pyrrole nitrogens is 1. The molecule has 1 amide bonds. The molecule has 2 aromatic heterocycles. The minimum Gasteiger partial charge on any atom is -0.350 e. The van der Waals surface area contributed by atoms with Crippen molar-refractivity contribution >= 4 is 28.8 Å². The number of rotatable bonds is 5. The van der Waals surface area contributed by atoms with Gasteiger partial charge in [0, 0.05) is 28.4 Å². The normalized spacial score (nSPS) is 12.1. The second kappa shape index (κ2) is 6.84. The summed E-state index contributed by atoms with van der Waals surface area (Å²) in [5, 5.41) is 19.7. The summed E-state index contributed by atoms with van der Waals surface area (Å²) in [4.78, 5) is 16.5. The molecule has 2 N–H and O–H groups in total. The van der Waals surface area contributed by atoms with Crippen molar-refractivity contribution in [1.29, 1.82) is 0 Å². The van der Waals surface area contributed by atoms with E-state index < -0.39 is 0 Å². The Labute approximate surface area is 141 Å². The molecule has 3 aromatic rings. The minimum atomic E-state index is -0.225. The van der Waals surface area contributed by atoms with Crippen molar-refractivity contribution in [2.75, 3.05) is 6.54 Å². The smallest absolute Gasteiger partial charge is 0.270 e. The number of nitrogens with one attached hydrogen (secondary N) is 2. The Balaban J connectivity index is 1.63. The molecule has 0 aliphatic carbocycles. The third-order valence-electron chi connectivity index (χ3n) is 3.20. The summed E-state index contributed by atoms with van der Waals surface area (Å²) >= 11 is 7.28. The zero-order valence-electron chi connectivity index (χ0n) is 12.2. The van der Waals surface area contributed by atoms with Gasteiger partial charge in [0.25, 0.3) is 5.91 Å². The van der Waals surface area contributed by atoms with Gasteiger partial charge in [-0.05, 0) is 12.1 Å². The van der Waals surface area contributed by atoms with E-state index in [9.17, 15) is 4.79 Å². The van der Waals surface area contributed by atoms with Crippen LogP contribution < -0.4 is 5.32 Å². The summed E-state index contributed by atoms with van der Waals surface area (Å²) < 4.78 is 0. The van der Waals surface area contributed by atoms with Crippen LogP contribution in [0.4, 0.5) is 0 Å². The van der Waals surface area contributed by atoms with E-state index >= 15 is 0 Å². The van der Waals surface area contributed by atoms with E-state index in [1.165, 1.54) is 11.3 Å². The van der Waals surface area contributed by atoms with Crippen LogP contribution in [0, 0.1) is 0 Å². The van der Waals surface area contributed by atoms with Gasteiger partial charge in [0.1, 0.15) is 10.7 Å². The Bertz CT molecular complexity index is 786. The average molecular weight is 349 g/mol. The van der Waals surface area contributed by atoms with Gasteiger partial charge in [0.05, 0.1) is 0 Å². The van der Waals surface area contributed by atoms with Gasteiger partial charge in [-0.25, -0.2) is 4.98 Å². The standard InChI is InChI=1S/C14H13ClN6OS/c1-8(12-18-20-21-19-12)6-16-13(22)11-7-23-14(17-11)9-2-4-10(15)5-3-9/h2-5,7-8H,6H2,1H3,(H,16,22)(H,18,19,20,21). The van der Waals surface area contributed by atoms with Crippen molar-refractivity contribution in [2.24, 2.45) is 0 Å². The molecule has 2 heterocycles. The molecule has 1 aromatic carbocycles. The summed E-state index contributed by atoms with van der Waals surface area (Å²) in [6.45, 7) is 2.32. The first kappa shape index (κ1) is 15.6. The largest absolute Gasteiger partial charge is 0.350 e. The lowest BCUT2D eigenvalue weighted by atomic mass is 10.1. The third-order valence-corrected chi connectivity index (χ3v) is 4.34. The molecule has 0 saturated carbocycles. The predicted octanol–water partition coefficient (Wildman–Crippen LogP) is 2.51. The number of aromatic amines is 1. The Morgan fingerprint density at radius 3 is 2.87 bits per heavy atom. The highest BCUT2D eigenvalue weighted by molar-refractivity contribution is 7.13. The fourth-order valence-electron chi connectivity index (χ4n) is 1.91. The number of hydrogen-bond acceptors (Lipinski definition) is 6. The number of aromatic nitrogens is 5. The van der Waals surface area contributed by atoms with Crippen LogP contribution in [0.2, 0.25) is 5.02 Å². The monoisotopic (exact) mass is 348 g/mol. The quantitative estimate of drug-likeness (QED) is 0.738. The average Bonchev–Trinajstić information content (AvgIpc) is 3.24. The van der Waals surface area contributed by atoms with Gasteiger partial charge in [0.15, 0.2) is 5.82 Å². The van der Waals surface area contributed by atoms with E-state index in [1.807, 2.05) is 19.1 Å². The van der Waals surface area contributed by atoms with Crippen molar-refractivity contribution in [2.45, 2.75) is 12.8 Å². The SMILES string of the molecule is CC(CNC(=O)c1csc(-c2ccc(Cl)cc2)n1)c1nn[nH]n1. The molecule has 9 heteroatoms. The van der Waals surface area contributed by atoms with Gasteiger partial charge in [-0.1, -0.05) is 35.9 Å². The molecular formula is C14H13ClN6OS. The first-order valence-electron chi connectivity index (χ1n) is 6.86. The zero-order valence-corrected chi connectivity index (χ0v) is 13.7. The number of tetrazole rings is 1. The number of halogens is 1. The minimum absolute atomic E-state index is 0.0351. The number of thiazole rings is 1. The van der Waals surface area contributed by atoms with Gasteiger partial charge >= 0.3 is 0 Å². The Morgan fingerprint density at radius 2 is 2.17 bits per heavy atom. The Hall–Kier alpha value is -2.32. The second-order valence-electron chi connectivity index (χ2n) is 4.93. The number of hydrogen-bond donors (Lipinski definition) is 2. The van der Waals surface area contributed by atoms with Crippen LogP contribution in [-0.2, 0) is 0 Å². The molecule has 0 radical (unpaired) electrons. The fraction of sp³-hybridized carbons (Fsp3) is 0.214. The van der Waals surface area contributed by atoms with Crippen LogP contribution in [0.25, 0.3) is 10.6 Å². The number of nitrogens with zero attached hydrogens (tertiary/aromatic N) is 4. The summed E-state index contributed by atoms with van der Waals surface area (Å²) in [5.74, 6) is 0.300. The van der Waals surface area contributed by atoms with E-state index in [-0.39, 0.29) is 11.8 Å². The molecule has 3 rings (SSSR count). The lowest BCUT2D eigenvalue weighted by Gasteiger charge is -2.07. The maximum atomic E-state index is 12.2. The van der Waals surface area contributed by atoms with E-state index in [4.69, 9.17) is 11.6 Å². The van der Waals surface area contributed by atoms with Crippen molar-refractivity contribution in [3.05, 3.63) is 46.2 Å². The molecular weight excluding hydrogens is 336 g/mol. The number of carbonyl (C=O) groups excluding carboxylic acids is 1. The zero-order chi connectivity index (χ0) is 16.2. The van der Waals surface area contributed by atoms with Gasteiger partial charge in [0.2, 0.25) is 0 Å². The number of amides is 1. The van der Waals surface area contributed by atoms with Crippen LogP contribution in [0.5, 0.6) is 0 Å². The highest BCUT2D eigenvalue weighted by Gasteiger charge is 2.15. The third kappa shape index (κ3) is 3.72. The van der Waals surface area contributed by atoms with E-state index in [0.29, 0.717) is 23.1 Å². The molecule has 1 atom stereocenters. The lowest BCUT2D eigenvalue weighted by Crippen LogP contribution is -2.28. The molecule has 118 valence electrons. The van der Waals surface area contributed by atoms with Crippen molar-refractivity contribution < 1.29 is 4.79 Å². The molecule has 1 unspecified atom stereocenters. The van der Waals surface area contributed by atoms with Crippen molar-refractivity contribution in [3.63, 3.8) is 0 Å². The maximum absolute atomic E-state index is 12.2. The van der Waals surface area contributed by atoms with Gasteiger partial charge in [-0.2, -0.15) is 5.21 Å². The summed E-state index contributed by atoms with van der Waals surface area (Å²) in [6, 6.07) is 7.34. The molecule has 0 fully saturated rings. The maximum Gasteiger partial charge on any atom is 0.270 e. The molecule has 0 aliphatic rings. The lowest BCUT2D eigenvalue weighted by molar-refractivity contribution is 0.0947. The summed E-state index contributed by atoms with van der Waals surface area (Å²) in [5.41, 5.74) is 1.32. The van der Waals surface area contributed by atoms with Crippen molar-refractivity contribution in [3.8, 4) is 10.6 Å². The van der Waals surface area contributed by atoms with Crippen molar-refractivity contribution in [1.82, 2.24) is 30.9 Å². The van der Waals surface area contributed by atoms with Crippen LogP contribution in [0.1, 0.15) is 29.2 Å². The van der Waals surface area contributed by atoms with Crippen LogP contribution >= 0.6 is 22.9 Å². The topological polar surface area (TPSA) is 96.5 Å². The molecule has 0 bridgehead atoms. The molecule has 0 spiro atoms. The molecule has 7 nitrogen and oxygen atoms in total. The van der Waals surface area contributed by atoms with Gasteiger partial charge < -0.3 is 5.32 Å². The van der Waals surface area contributed by atoms with E-state index in [0.717, 1.165) is 10.6 Å². The highest BCUT2D eigenvalue weighted by atomic mass is 35.5. The van der Waals surface area contributed by atoms with Gasteiger partial charge in [-0.15, -0.1) is 21.5 Å². The van der Waals surface area contributed by atoms with Crippen LogP contribution in [0.15, 0.2) is 29.6 Å². The van der Waals surface area contributed by atoms with Gasteiger partial charge in [-0.3, -0.25) is 4.79 Å². The van der Waals surface area contributed by atoms with E-state index in [2.05, 4.69) is 30.9 Å². The molecule has 23 heavy (non-hydrogen) atoms. The van der Waals surface area contributed by atoms with Crippen LogP contribution in [-0.4, -0.2) is 38.1 Å². The second-order valence-corrected chi connectivity index (χ2v) is 6.22. The first-order chi connectivity index (χ1) is 11.1. The highest BCUT2D eigenvalue weighted by Crippen LogP contribution is 2.25. The van der Waals surface area contributed by atoms with Crippen LogP contribution in [0.3, 0.4) is 0 Å². The Kier molecular flexibility index (Phi) is 4.63. The number of carbonyl (C=O) groups is 1. The molecule has 0 saturated heterocycles.